The van der Waals surface area contributed by atoms with Crippen molar-refractivity contribution in [1.82, 2.24) is 5.32 Å². The summed E-state index contributed by atoms with van der Waals surface area (Å²) in [6.07, 6.45) is 0. The van der Waals surface area contributed by atoms with E-state index in [0.29, 0.717) is 6.61 Å². The molecular formula is C11H15NO2. The lowest BCUT2D eigenvalue weighted by atomic mass is 10.2. The van der Waals surface area contributed by atoms with Gasteiger partial charge in [0, 0.05) is 0 Å². The number of hydrogen-bond donors (Lipinski definition) is 1. The van der Waals surface area contributed by atoms with E-state index in [1.165, 1.54) is 0 Å². The fraction of sp³-hybridized carbons (Fsp3) is 0.364. The van der Waals surface area contributed by atoms with Crippen molar-refractivity contribution in [2.75, 3.05) is 7.05 Å². The van der Waals surface area contributed by atoms with Gasteiger partial charge in [-0.15, -0.1) is 0 Å². The monoisotopic (exact) mass is 193 g/mol. The molecule has 76 valence electrons. The largest absolute Gasteiger partial charge is 0.460 e. The molecule has 0 saturated heterocycles. The van der Waals surface area contributed by atoms with Crippen molar-refractivity contribution < 1.29 is 9.53 Å². The van der Waals surface area contributed by atoms with E-state index in [9.17, 15) is 4.79 Å². The Labute approximate surface area is 84.1 Å². The molecule has 0 aliphatic heterocycles. The number of carbonyl (C=O) groups excluding carboxylic acids is 1. The van der Waals surface area contributed by atoms with Crippen molar-refractivity contribution in [3.63, 3.8) is 0 Å². The Morgan fingerprint density at radius 1 is 1.43 bits per heavy atom. The van der Waals surface area contributed by atoms with E-state index in [1.807, 2.05) is 30.3 Å². The van der Waals surface area contributed by atoms with Crippen molar-refractivity contribution >= 4 is 5.97 Å². The molecule has 0 heterocycles. The molecule has 0 fully saturated rings. The molecule has 0 aromatic heterocycles. The van der Waals surface area contributed by atoms with Crippen molar-refractivity contribution in [2.24, 2.45) is 0 Å². The van der Waals surface area contributed by atoms with Crippen LogP contribution < -0.4 is 5.32 Å². The van der Waals surface area contributed by atoms with Crippen molar-refractivity contribution in [2.45, 2.75) is 19.6 Å². The predicted molar refractivity (Wildman–Crippen MR) is 54.8 cm³/mol. The van der Waals surface area contributed by atoms with Gasteiger partial charge in [0.25, 0.3) is 0 Å². The highest BCUT2D eigenvalue weighted by Crippen LogP contribution is 2.01. The van der Waals surface area contributed by atoms with E-state index in [2.05, 4.69) is 5.32 Å². The maximum Gasteiger partial charge on any atom is 0.323 e. The summed E-state index contributed by atoms with van der Waals surface area (Å²) in [7, 11) is 1.73. The molecule has 1 atom stereocenters. The number of nitrogens with one attached hydrogen (secondary N) is 1. The molecule has 0 saturated carbocycles. The summed E-state index contributed by atoms with van der Waals surface area (Å²) in [4.78, 5) is 11.3. The molecule has 14 heavy (non-hydrogen) atoms. The zero-order valence-corrected chi connectivity index (χ0v) is 8.49. The lowest BCUT2D eigenvalue weighted by molar-refractivity contribution is -0.146. The van der Waals surface area contributed by atoms with Crippen LogP contribution in [0.15, 0.2) is 30.3 Å². The van der Waals surface area contributed by atoms with Crippen LogP contribution in [0.2, 0.25) is 0 Å². The van der Waals surface area contributed by atoms with Crippen LogP contribution in [-0.4, -0.2) is 19.1 Å². The van der Waals surface area contributed by atoms with Gasteiger partial charge in [0.05, 0.1) is 0 Å². The van der Waals surface area contributed by atoms with Crippen LogP contribution in [-0.2, 0) is 16.1 Å². The summed E-state index contributed by atoms with van der Waals surface area (Å²) in [6.45, 7) is 2.11. The molecule has 0 unspecified atom stereocenters. The molecule has 0 aliphatic carbocycles. The highest BCUT2D eigenvalue weighted by molar-refractivity contribution is 5.75. The molecule has 3 heteroatoms. The minimum absolute atomic E-state index is 0.226. The topological polar surface area (TPSA) is 38.3 Å². The highest BCUT2D eigenvalue weighted by atomic mass is 16.5. The summed E-state index contributed by atoms with van der Waals surface area (Å²) in [5.74, 6) is -0.226. The Balaban J connectivity index is 2.38. The third-order valence-corrected chi connectivity index (χ3v) is 2.01. The second kappa shape index (κ2) is 5.40. The van der Waals surface area contributed by atoms with E-state index in [-0.39, 0.29) is 12.0 Å². The molecular weight excluding hydrogens is 178 g/mol. The van der Waals surface area contributed by atoms with Crippen molar-refractivity contribution in [3.05, 3.63) is 35.9 Å². The number of ether oxygens (including phenoxy) is 1. The first kappa shape index (κ1) is 10.7. The summed E-state index contributed by atoms with van der Waals surface area (Å²) >= 11 is 0. The van der Waals surface area contributed by atoms with Gasteiger partial charge in [-0.2, -0.15) is 0 Å². The Morgan fingerprint density at radius 2 is 2.07 bits per heavy atom. The minimum Gasteiger partial charge on any atom is -0.460 e. The normalized spacial score (nSPS) is 12.1. The van der Waals surface area contributed by atoms with Gasteiger partial charge < -0.3 is 10.1 Å². The van der Waals surface area contributed by atoms with Gasteiger partial charge in [0.15, 0.2) is 0 Å². The van der Waals surface area contributed by atoms with Crippen LogP contribution in [0.25, 0.3) is 0 Å². The van der Waals surface area contributed by atoms with Gasteiger partial charge in [0.1, 0.15) is 12.6 Å². The summed E-state index contributed by atoms with van der Waals surface area (Å²) in [5, 5.41) is 2.83. The van der Waals surface area contributed by atoms with Gasteiger partial charge in [-0.25, -0.2) is 0 Å². The van der Waals surface area contributed by atoms with E-state index in [4.69, 9.17) is 4.74 Å². The van der Waals surface area contributed by atoms with E-state index in [0.717, 1.165) is 5.56 Å². The molecule has 1 aromatic carbocycles. The Hall–Kier alpha value is -1.35. The summed E-state index contributed by atoms with van der Waals surface area (Å²) in [6, 6.07) is 9.38. The molecule has 0 aliphatic rings. The number of hydrogen-bond acceptors (Lipinski definition) is 3. The minimum atomic E-state index is -0.251. The predicted octanol–water partition coefficient (Wildman–Crippen LogP) is 1.34. The Bertz CT molecular complexity index is 285. The van der Waals surface area contributed by atoms with Crippen LogP contribution in [0.3, 0.4) is 0 Å². The van der Waals surface area contributed by atoms with Gasteiger partial charge in [-0.05, 0) is 19.5 Å². The third-order valence-electron chi connectivity index (χ3n) is 2.01. The second-order valence-electron chi connectivity index (χ2n) is 3.10. The van der Waals surface area contributed by atoms with E-state index >= 15 is 0 Å². The zero-order chi connectivity index (χ0) is 10.4. The fourth-order valence-corrected chi connectivity index (χ4v) is 0.972. The molecule has 1 N–H and O–H groups in total. The number of likely N-dealkylation sites (N-methyl/N-ethyl adjacent to an activating group) is 1. The molecule has 0 spiro atoms. The molecule has 0 radical (unpaired) electrons. The van der Waals surface area contributed by atoms with Crippen LogP contribution in [0, 0.1) is 0 Å². The first-order chi connectivity index (χ1) is 6.74. The fourth-order valence-electron chi connectivity index (χ4n) is 0.972. The average molecular weight is 193 g/mol. The molecule has 1 rings (SSSR count). The lowest BCUT2D eigenvalue weighted by Gasteiger charge is -2.09. The SMILES string of the molecule is CN[C@H](C)C(=O)OCc1ccccc1. The maximum absolute atomic E-state index is 11.3. The average Bonchev–Trinajstić information content (AvgIpc) is 2.26. The van der Waals surface area contributed by atoms with Crippen LogP contribution in [0.4, 0.5) is 0 Å². The first-order valence-corrected chi connectivity index (χ1v) is 4.62. The van der Waals surface area contributed by atoms with Gasteiger partial charge >= 0.3 is 5.97 Å². The number of benzene rings is 1. The number of esters is 1. The smallest absolute Gasteiger partial charge is 0.323 e. The van der Waals surface area contributed by atoms with Gasteiger partial charge in [0.2, 0.25) is 0 Å². The highest BCUT2D eigenvalue weighted by Gasteiger charge is 2.10. The standard InChI is InChI=1S/C11H15NO2/c1-9(12-2)11(13)14-8-10-6-4-3-5-7-10/h3-7,9,12H,8H2,1-2H3/t9-/m1/s1. The maximum atomic E-state index is 11.3. The van der Waals surface area contributed by atoms with Crippen molar-refractivity contribution in [1.29, 1.82) is 0 Å². The number of carbonyl (C=O) groups is 1. The molecule has 0 bridgehead atoms. The van der Waals surface area contributed by atoms with E-state index < -0.39 is 0 Å². The van der Waals surface area contributed by atoms with E-state index in [1.54, 1.807) is 14.0 Å². The first-order valence-electron chi connectivity index (χ1n) is 4.62. The lowest BCUT2D eigenvalue weighted by Crippen LogP contribution is -2.32. The van der Waals surface area contributed by atoms with Gasteiger partial charge in [-0.1, -0.05) is 30.3 Å². The second-order valence-corrected chi connectivity index (χ2v) is 3.10. The van der Waals surface area contributed by atoms with Gasteiger partial charge in [-0.3, -0.25) is 4.79 Å². The Kier molecular flexibility index (Phi) is 4.13. The zero-order valence-electron chi connectivity index (χ0n) is 8.49. The van der Waals surface area contributed by atoms with Crippen LogP contribution >= 0.6 is 0 Å². The van der Waals surface area contributed by atoms with Crippen LogP contribution in [0.1, 0.15) is 12.5 Å². The summed E-state index contributed by atoms with van der Waals surface area (Å²) in [5.41, 5.74) is 1.00. The Morgan fingerprint density at radius 3 is 2.64 bits per heavy atom. The molecule has 0 amide bonds. The quantitative estimate of drug-likeness (QED) is 0.733. The molecule has 3 nitrogen and oxygen atoms in total. The third kappa shape index (κ3) is 3.18. The number of rotatable bonds is 4. The van der Waals surface area contributed by atoms with Crippen molar-refractivity contribution in [3.8, 4) is 0 Å². The van der Waals surface area contributed by atoms with Crippen LogP contribution in [0.5, 0.6) is 0 Å². The molecule has 1 aromatic rings. The summed E-state index contributed by atoms with van der Waals surface area (Å²) < 4.78 is 5.08.